The van der Waals surface area contributed by atoms with E-state index in [-0.39, 0.29) is 34.5 Å². The quantitative estimate of drug-likeness (QED) is 0.182. The summed E-state index contributed by atoms with van der Waals surface area (Å²) in [6.07, 6.45) is 3.42. The first kappa shape index (κ1) is 31.9. The molecule has 47 heavy (non-hydrogen) atoms. The Morgan fingerprint density at radius 1 is 1.02 bits per heavy atom. The summed E-state index contributed by atoms with van der Waals surface area (Å²) in [7, 11) is 0. The Morgan fingerprint density at radius 3 is 2.45 bits per heavy atom. The topological polar surface area (TPSA) is 167 Å². The average Bonchev–Trinajstić information content (AvgIpc) is 3.47. The van der Waals surface area contributed by atoms with E-state index in [1.54, 1.807) is 23.5 Å². The van der Waals surface area contributed by atoms with Crippen molar-refractivity contribution in [1.82, 2.24) is 10.3 Å². The molecule has 0 radical (unpaired) electrons. The molecule has 2 amide bonds. The molecule has 10 nitrogen and oxygen atoms in total. The first-order valence-corrected chi connectivity index (χ1v) is 16.5. The number of hydrogen-bond acceptors (Lipinski definition) is 8. The molecule has 1 saturated carbocycles. The van der Waals surface area contributed by atoms with Gasteiger partial charge in [-0.05, 0) is 97.5 Å². The molecule has 3 heterocycles. The molecule has 0 saturated heterocycles. The molecular weight excluding hydrogens is 614 g/mol. The zero-order valence-corrected chi connectivity index (χ0v) is 27.0. The van der Waals surface area contributed by atoms with Crippen LogP contribution in [-0.2, 0) is 13.0 Å². The Kier molecular flexibility index (Phi) is 9.07. The SMILES string of the molecule is Cc1cc(CN)cc(C)c1NC(=O)c1cc2c(cc1-c1ccc(C(=O)NC3CCC(C#N)CC3)nc1C(=O)O)OCCc1ccsc1-2. The average molecular weight is 650 g/mol. The lowest BCUT2D eigenvalue weighted by atomic mass is 9.87. The Balaban J connectivity index is 1.42. The Hall–Kier alpha value is -5.05. The van der Waals surface area contributed by atoms with E-state index in [1.165, 1.54) is 12.1 Å². The molecule has 2 aliphatic rings. The van der Waals surface area contributed by atoms with Crippen LogP contribution in [0.15, 0.2) is 47.8 Å². The number of amides is 2. The van der Waals surface area contributed by atoms with E-state index in [0.717, 1.165) is 32.7 Å². The third-order valence-corrected chi connectivity index (χ3v) is 9.91. The van der Waals surface area contributed by atoms with Crippen molar-refractivity contribution in [2.75, 3.05) is 11.9 Å². The minimum atomic E-state index is -1.34. The first-order chi connectivity index (χ1) is 22.7. The van der Waals surface area contributed by atoms with Gasteiger partial charge in [-0.3, -0.25) is 9.59 Å². The number of aromatic carboxylic acids is 1. The molecule has 1 aliphatic heterocycles. The van der Waals surface area contributed by atoms with Gasteiger partial charge in [-0.1, -0.05) is 12.1 Å². The highest BCUT2D eigenvalue weighted by molar-refractivity contribution is 7.13. The number of nitrogens with one attached hydrogen (secondary N) is 2. The predicted octanol–water partition coefficient (Wildman–Crippen LogP) is 6.25. The third kappa shape index (κ3) is 6.48. The second-order valence-corrected chi connectivity index (χ2v) is 13.0. The monoisotopic (exact) mass is 649 g/mol. The van der Waals surface area contributed by atoms with Gasteiger partial charge in [-0.25, -0.2) is 9.78 Å². The van der Waals surface area contributed by atoms with Gasteiger partial charge in [0.05, 0.1) is 12.7 Å². The molecule has 0 unspecified atom stereocenters. The number of aromatic nitrogens is 1. The Bertz CT molecular complexity index is 1910. The number of anilines is 1. The van der Waals surface area contributed by atoms with Gasteiger partial charge >= 0.3 is 5.97 Å². The molecule has 4 aromatic rings. The number of pyridine rings is 1. The summed E-state index contributed by atoms with van der Waals surface area (Å²) >= 11 is 1.55. The molecule has 0 atom stereocenters. The zero-order chi connectivity index (χ0) is 33.2. The fourth-order valence-corrected chi connectivity index (χ4v) is 7.44. The van der Waals surface area contributed by atoms with Gasteiger partial charge in [-0.15, -0.1) is 11.3 Å². The summed E-state index contributed by atoms with van der Waals surface area (Å²) in [6, 6.07) is 14.5. The van der Waals surface area contributed by atoms with Gasteiger partial charge in [0.25, 0.3) is 11.8 Å². The summed E-state index contributed by atoms with van der Waals surface area (Å²) in [6.45, 7) is 4.59. The number of aryl methyl sites for hydroxylation is 2. The highest BCUT2D eigenvalue weighted by Gasteiger charge is 2.28. The Morgan fingerprint density at radius 2 is 1.77 bits per heavy atom. The number of nitrogens with two attached hydrogens (primary N) is 1. The fraction of sp³-hybridized carbons (Fsp3) is 0.306. The molecule has 0 bridgehead atoms. The number of carboxylic acid groups (broad SMARTS) is 1. The van der Waals surface area contributed by atoms with Crippen LogP contribution < -0.4 is 21.1 Å². The van der Waals surface area contributed by atoms with Crippen LogP contribution >= 0.6 is 11.3 Å². The second kappa shape index (κ2) is 13.4. The molecular formula is C36H35N5O5S. The molecule has 2 aromatic carbocycles. The number of thiophene rings is 1. The van der Waals surface area contributed by atoms with Crippen molar-refractivity contribution >= 4 is 34.8 Å². The molecule has 1 aliphatic carbocycles. The normalized spacial score (nSPS) is 16.9. The minimum absolute atomic E-state index is 0.0139. The minimum Gasteiger partial charge on any atom is -0.493 e. The van der Waals surface area contributed by atoms with Crippen LogP contribution in [-0.4, -0.2) is 40.5 Å². The smallest absolute Gasteiger partial charge is 0.355 e. The third-order valence-electron chi connectivity index (χ3n) is 8.92. The summed E-state index contributed by atoms with van der Waals surface area (Å²) < 4.78 is 6.14. The molecule has 1 fully saturated rings. The van der Waals surface area contributed by atoms with E-state index in [4.69, 9.17) is 10.5 Å². The summed E-state index contributed by atoms with van der Waals surface area (Å²) in [5.41, 5.74) is 11.4. The number of carbonyl (C=O) groups is 3. The molecule has 240 valence electrons. The highest BCUT2D eigenvalue weighted by atomic mass is 32.1. The number of rotatable bonds is 7. The number of fused-ring (bicyclic) bond motifs is 3. The first-order valence-electron chi connectivity index (χ1n) is 15.6. The number of hydrogen-bond donors (Lipinski definition) is 4. The van der Waals surface area contributed by atoms with Gasteiger partial charge in [-0.2, -0.15) is 5.26 Å². The molecule has 2 aromatic heterocycles. The fourth-order valence-electron chi connectivity index (χ4n) is 6.47. The van der Waals surface area contributed by atoms with Crippen LogP contribution in [0.2, 0.25) is 0 Å². The van der Waals surface area contributed by atoms with Crippen LogP contribution in [0.5, 0.6) is 5.75 Å². The van der Waals surface area contributed by atoms with Crippen molar-refractivity contribution in [2.45, 2.75) is 58.5 Å². The largest absolute Gasteiger partial charge is 0.493 e. The van der Waals surface area contributed by atoms with Gasteiger partial charge in [0.2, 0.25) is 0 Å². The van der Waals surface area contributed by atoms with Gasteiger partial charge in [0.1, 0.15) is 11.4 Å². The van der Waals surface area contributed by atoms with Crippen molar-refractivity contribution in [3.05, 3.63) is 87.0 Å². The molecule has 0 spiro atoms. The second-order valence-electron chi connectivity index (χ2n) is 12.1. The van der Waals surface area contributed by atoms with Crippen molar-refractivity contribution < 1.29 is 24.2 Å². The predicted molar refractivity (Wildman–Crippen MR) is 180 cm³/mol. The van der Waals surface area contributed by atoms with E-state index >= 15 is 0 Å². The van der Waals surface area contributed by atoms with Gasteiger partial charge in [0.15, 0.2) is 5.69 Å². The lowest BCUT2D eigenvalue weighted by Gasteiger charge is -2.25. The lowest BCUT2D eigenvalue weighted by molar-refractivity contribution is 0.0691. The van der Waals surface area contributed by atoms with E-state index in [2.05, 4.69) is 21.7 Å². The zero-order valence-electron chi connectivity index (χ0n) is 26.2. The lowest BCUT2D eigenvalue weighted by Crippen LogP contribution is -2.38. The number of nitriles is 1. The van der Waals surface area contributed by atoms with E-state index in [9.17, 15) is 24.8 Å². The van der Waals surface area contributed by atoms with Crippen LogP contribution in [0.4, 0.5) is 5.69 Å². The van der Waals surface area contributed by atoms with Crippen LogP contribution in [0, 0.1) is 31.1 Å². The van der Waals surface area contributed by atoms with E-state index in [1.807, 2.05) is 37.4 Å². The number of carboxylic acids is 1. The summed E-state index contributed by atoms with van der Waals surface area (Å²) in [5.74, 6) is -1.73. The van der Waals surface area contributed by atoms with Gasteiger partial charge in [0, 0.05) is 57.7 Å². The molecule has 6 rings (SSSR count). The van der Waals surface area contributed by atoms with Crippen LogP contribution in [0.25, 0.3) is 21.6 Å². The van der Waals surface area contributed by atoms with Crippen molar-refractivity contribution in [1.29, 1.82) is 5.26 Å². The van der Waals surface area contributed by atoms with Gasteiger partial charge < -0.3 is 26.2 Å². The summed E-state index contributed by atoms with van der Waals surface area (Å²) in [5, 5.41) is 27.5. The standard InChI is InChI=1S/C36H35N5O5S/c1-19-13-22(18-38)14-20(2)31(19)41-34(42)27-15-28-30(46-11-9-23-10-12-47-33(23)28)16-26(27)25-7-8-29(40-32(25)36(44)45)35(43)39-24-5-3-21(17-37)4-6-24/h7-8,10,12-16,21,24H,3-6,9,11,18,38H2,1-2H3,(H,39,43)(H,41,42)(H,44,45). The van der Waals surface area contributed by atoms with Crippen LogP contribution in [0.3, 0.4) is 0 Å². The van der Waals surface area contributed by atoms with Crippen molar-refractivity contribution in [3.8, 4) is 33.4 Å². The maximum atomic E-state index is 14.2. The van der Waals surface area contributed by atoms with E-state index < -0.39 is 17.8 Å². The van der Waals surface area contributed by atoms with Crippen LogP contribution in [0.1, 0.15) is 79.3 Å². The maximum Gasteiger partial charge on any atom is 0.355 e. The number of benzene rings is 2. The maximum absolute atomic E-state index is 14.2. The number of ether oxygens (including phenoxy) is 1. The highest BCUT2D eigenvalue weighted by Crippen LogP contribution is 2.43. The number of carbonyl (C=O) groups excluding carboxylic acids is 2. The van der Waals surface area contributed by atoms with Crippen molar-refractivity contribution in [3.63, 3.8) is 0 Å². The molecule has 11 heteroatoms. The summed E-state index contributed by atoms with van der Waals surface area (Å²) in [4.78, 5) is 45.3. The number of nitrogens with zero attached hydrogens (tertiary/aromatic N) is 2. The van der Waals surface area contributed by atoms with Crippen molar-refractivity contribution in [2.24, 2.45) is 11.7 Å². The molecule has 5 N–H and O–H groups in total. The van der Waals surface area contributed by atoms with E-state index in [0.29, 0.717) is 62.3 Å². The Labute approximate surface area is 276 Å².